The van der Waals surface area contributed by atoms with Crippen molar-refractivity contribution in [2.45, 2.75) is 19.8 Å². The molecule has 1 aromatic carbocycles. The van der Waals surface area contributed by atoms with Crippen molar-refractivity contribution in [1.29, 1.82) is 0 Å². The van der Waals surface area contributed by atoms with Crippen molar-refractivity contribution in [2.75, 3.05) is 32.7 Å². The number of rotatable bonds is 7. The van der Waals surface area contributed by atoms with Gasteiger partial charge in [-0.05, 0) is 68.8 Å². The number of piperazine rings is 1. The van der Waals surface area contributed by atoms with E-state index in [0.717, 1.165) is 43.9 Å². The van der Waals surface area contributed by atoms with Crippen LogP contribution in [-0.2, 0) is 6.42 Å². The molecule has 0 atom stereocenters. The van der Waals surface area contributed by atoms with Crippen molar-refractivity contribution in [3.63, 3.8) is 0 Å². The van der Waals surface area contributed by atoms with Crippen LogP contribution in [0.1, 0.15) is 17.8 Å². The third kappa shape index (κ3) is 6.91. The highest BCUT2D eigenvalue weighted by Crippen LogP contribution is 2.23. The molecular weight excluding hydrogens is 440 g/mol. The van der Waals surface area contributed by atoms with Gasteiger partial charge in [0.25, 0.3) is 0 Å². The van der Waals surface area contributed by atoms with Gasteiger partial charge in [0.2, 0.25) is 5.88 Å². The van der Waals surface area contributed by atoms with E-state index in [0.29, 0.717) is 35.5 Å². The second-order valence-corrected chi connectivity index (χ2v) is 8.40. The number of aromatic nitrogens is 2. The summed E-state index contributed by atoms with van der Waals surface area (Å²) in [4.78, 5) is 25.3. The van der Waals surface area contributed by atoms with E-state index < -0.39 is 0 Å². The summed E-state index contributed by atoms with van der Waals surface area (Å²) in [6.07, 6.45) is 3.22. The average molecular weight is 467 g/mol. The molecule has 0 N–H and O–H groups in total. The van der Waals surface area contributed by atoms with E-state index in [1.165, 1.54) is 6.20 Å². The van der Waals surface area contributed by atoms with Crippen LogP contribution in [0.15, 0.2) is 60.8 Å². The van der Waals surface area contributed by atoms with Crippen LogP contribution in [0.2, 0.25) is 5.02 Å². The minimum atomic E-state index is -0.327. The summed E-state index contributed by atoms with van der Waals surface area (Å²) in [7, 11) is 0. The molecule has 0 unspecified atom stereocenters. The van der Waals surface area contributed by atoms with Gasteiger partial charge in [-0.25, -0.2) is 9.78 Å². The summed E-state index contributed by atoms with van der Waals surface area (Å²) in [5.41, 5.74) is 2.19. The zero-order chi connectivity index (χ0) is 23.0. The predicted molar refractivity (Wildman–Crippen MR) is 127 cm³/mol. The van der Waals surface area contributed by atoms with Gasteiger partial charge in [0.15, 0.2) is 0 Å². The van der Waals surface area contributed by atoms with Crippen LogP contribution < -0.4 is 9.47 Å². The smallest absolute Gasteiger partial charge is 0.415 e. The number of carbonyl (C=O) groups is 1. The third-order valence-corrected chi connectivity index (χ3v) is 5.66. The maximum absolute atomic E-state index is 12.5. The van der Waals surface area contributed by atoms with E-state index in [2.05, 4.69) is 27.0 Å². The minimum Gasteiger partial charge on any atom is -0.439 e. The standard InChI is InChI=1S/C25H27ClN4O3/c1-19-4-2-5-21(28-19)6-3-13-29-14-16-30(17-15-29)25(31)33-23-10-8-22(9-11-23)32-24-12-7-20(26)18-27-24/h2,4-5,7-12,18H,3,6,13-17H2,1H3. The first kappa shape index (κ1) is 23.0. The van der Waals surface area contributed by atoms with E-state index in [-0.39, 0.29) is 6.09 Å². The number of carbonyl (C=O) groups excluding carboxylic acids is 1. The zero-order valence-electron chi connectivity index (χ0n) is 18.6. The summed E-state index contributed by atoms with van der Waals surface area (Å²) in [6.45, 7) is 6.02. The highest BCUT2D eigenvalue weighted by molar-refractivity contribution is 6.30. The normalized spacial score (nSPS) is 14.2. The number of hydrogen-bond acceptors (Lipinski definition) is 6. The SMILES string of the molecule is Cc1cccc(CCCN2CCN(C(=O)Oc3ccc(Oc4ccc(Cl)cn4)cc3)CC2)n1. The summed E-state index contributed by atoms with van der Waals surface area (Å²) in [5.74, 6) is 1.51. The fraction of sp³-hybridized carbons (Fsp3) is 0.320. The molecule has 1 fully saturated rings. The molecule has 172 valence electrons. The summed E-state index contributed by atoms with van der Waals surface area (Å²) >= 11 is 5.83. The van der Waals surface area contributed by atoms with Gasteiger partial charge in [-0.15, -0.1) is 0 Å². The van der Waals surface area contributed by atoms with Crippen LogP contribution in [-0.4, -0.2) is 58.6 Å². The van der Waals surface area contributed by atoms with E-state index >= 15 is 0 Å². The molecule has 33 heavy (non-hydrogen) atoms. The van der Waals surface area contributed by atoms with Crippen molar-refractivity contribution in [3.8, 4) is 17.4 Å². The van der Waals surface area contributed by atoms with E-state index in [9.17, 15) is 4.79 Å². The molecule has 7 nitrogen and oxygen atoms in total. The monoisotopic (exact) mass is 466 g/mol. The van der Waals surface area contributed by atoms with E-state index in [1.807, 2.05) is 13.0 Å². The zero-order valence-corrected chi connectivity index (χ0v) is 19.4. The molecule has 1 saturated heterocycles. The fourth-order valence-corrected chi connectivity index (χ4v) is 3.77. The molecular formula is C25H27ClN4O3. The number of pyridine rings is 2. The largest absolute Gasteiger partial charge is 0.439 e. The van der Waals surface area contributed by atoms with Gasteiger partial charge in [-0.3, -0.25) is 9.88 Å². The Morgan fingerprint density at radius 2 is 1.76 bits per heavy atom. The van der Waals surface area contributed by atoms with Gasteiger partial charge in [0, 0.05) is 49.8 Å². The Hall–Kier alpha value is -3.16. The van der Waals surface area contributed by atoms with E-state index in [4.69, 9.17) is 21.1 Å². The molecule has 0 saturated carbocycles. The molecule has 4 rings (SSSR count). The van der Waals surface area contributed by atoms with Crippen molar-refractivity contribution in [2.24, 2.45) is 0 Å². The van der Waals surface area contributed by atoms with Crippen LogP contribution in [0.4, 0.5) is 4.79 Å². The average Bonchev–Trinajstić information content (AvgIpc) is 2.82. The van der Waals surface area contributed by atoms with Gasteiger partial charge >= 0.3 is 6.09 Å². The lowest BCUT2D eigenvalue weighted by molar-refractivity contribution is 0.110. The number of hydrogen-bond donors (Lipinski definition) is 0. The molecule has 1 aliphatic heterocycles. The van der Waals surface area contributed by atoms with E-state index in [1.54, 1.807) is 41.3 Å². The highest BCUT2D eigenvalue weighted by Gasteiger charge is 2.22. The Morgan fingerprint density at radius 1 is 1.00 bits per heavy atom. The van der Waals surface area contributed by atoms with Crippen LogP contribution >= 0.6 is 11.6 Å². The quantitative estimate of drug-likeness (QED) is 0.489. The molecule has 3 aromatic rings. The van der Waals surface area contributed by atoms with Gasteiger partial charge in [0.1, 0.15) is 11.5 Å². The minimum absolute atomic E-state index is 0.327. The van der Waals surface area contributed by atoms with Crippen LogP contribution in [0, 0.1) is 6.92 Å². The van der Waals surface area contributed by atoms with Crippen molar-refractivity contribution >= 4 is 17.7 Å². The van der Waals surface area contributed by atoms with Gasteiger partial charge < -0.3 is 14.4 Å². The molecule has 8 heteroatoms. The Morgan fingerprint density at radius 3 is 2.45 bits per heavy atom. The van der Waals surface area contributed by atoms with Crippen LogP contribution in [0.3, 0.4) is 0 Å². The second-order valence-electron chi connectivity index (χ2n) is 7.96. The first-order chi connectivity index (χ1) is 16.0. The maximum Gasteiger partial charge on any atom is 0.415 e. The first-order valence-corrected chi connectivity index (χ1v) is 11.4. The molecule has 1 aliphatic rings. The van der Waals surface area contributed by atoms with Gasteiger partial charge in [-0.2, -0.15) is 0 Å². The fourth-order valence-electron chi connectivity index (χ4n) is 3.66. The lowest BCUT2D eigenvalue weighted by atomic mass is 10.2. The number of nitrogens with zero attached hydrogens (tertiary/aromatic N) is 4. The number of aryl methyl sites for hydroxylation is 2. The molecule has 1 amide bonds. The number of ether oxygens (including phenoxy) is 2. The molecule has 0 radical (unpaired) electrons. The lowest BCUT2D eigenvalue weighted by Gasteiger charge is -2.34. The maximum atomic E-state index is 12.5. The van der Waals surface area contributed by atoms with Crippen molar-refractivity contribution < 1.29 is 14.3 Å². The van der Waals surface area contributed by atoms with Crippen LogP contribution in [0.25, 0.3) is 0 Å². The Balaban J connectivity index is 1.18. The summed E-state index contributed by atoms with van der Waals surface area (Å²) < 4.78 is 11.2. The Kier molecular flexibility index (Phi) is 7.75. The van der Waals surface area contributed by atoms with Crippen molar-refractivity contribution in [1.82, 2.24) is 19.8 Å². The first-order valence-electron chi connectivity index (χ1n) is 11.1. The van der Waals surface area contributed by atoms with Gasteiger partial charge in [-0.1, -0.05) is 17.7 Å². The lowest BCUT2D eigenvalue weighted by Crippen LogP contribution is -2.49. The number of benzene rings is 1. The molecule has 2 aromatic heterocycles. The Labute approximate surface area is 198 Å². The topological polar surface area (TPSA) is 67.8 Å². The third-order valence-electron chi connectivity index (χ3n) is 5.44. The molecule has 0 spiro atoms. The highest BCUT2D eigenvalue weighted by atomic mass is 35.5. The van der Waals surface area contributed by atoms with Gasteiger partial charge in [0.05, 0.1) is 5.02 Å². The summed E-state index contributed by atoms with van der Waals surface area (Å²) in [6, 6.07) is 16.4. The predicted octanol–water partition coefficient (Wildman–Crippen LogP) is 4.98. The molecule has 0 bridgehead atoms. The Bertz CT molecular complexity index is 1050. The molecule has 3 heterocycles. The van der Waals surface area contributed by atoms with Crippen molar-refractivity contribution in [3.05, 3.63) is 77.2 Å². The number of amides is 1. The number of halogens is 1. The molecule has 0 aliphatic carbocycles. The second kappa shape index (κ2) is 11.1. The van der Waals surface area contributed by atoms with Crippen LogP contribution in [0.5, 0.6) is 17.4 Å². The summed E-state index contributed by atoms with van der Waals surface area (Å²) in [5, 5.41) is 0.546.